The van der Waals surface area contributed by atoms with Crippen molar-refractivity contribution in [3.63, 3.8) is 0 Å². The number of pyridine rings is 3. The number of carbonyl (C=O) groups excluding carboxylic acids is 1. The summed E-state index contributed by atoms with van der Waals surface area (Å²) in [4.78, 5) is 66.9. The maximum atomic E-state index is 16.3. The minimum absolute atomic E-state index is 0.00356. The number of nitrogens with one attached hydrogen (secondary N) is 1. The van der Waals surface area contributed by atoms with E-state index in [1.54, 1.807) is 30.9 Å². The molecule has 0 saturated carbocycles. The van der Waals surface area contributed by atoms with E-state index in [4.69, 9.17) is 111 Å². The molecule has 13 aromatic rings. The van der Waals surface area contributed by atoms with Gasteiger partial charge in [-0.3, -0.25) is 19.7 Å². The number of piperazine rings is 1. The summed E-state index contributed by atoms with van der Waals surface area (Å²) >= 11 is 49.2. The molecule has 141 heavy (non-hydrogen) atoms. The number of aliphatic hydroxyl groups excluding tert-OH is 2. The second kappa shape index (κ2) is 51.8. The van der Waals surface area contributed by atoms with Gasteiger partial charge in [-0.2, -0.15) is 0 Å². The number of anilines is 3. The van der Waals surface area contributed by atoms with Crippen molar-refractivity contribution in [1.29, 1.82) is 0 Å². The van der Waals surface area contributed by atoms with E-state index in [-0.39, 0.29) is 188 Å². The highest BCUT2D eigenvalue weighted by molar-refractivity contribution is 9.11. The summed E-state index contributed by atoms with van der Waals surface area (Å²) < 4.78 is 147. The van der Waals surface area contributed by atoms with Crippen LogP contribution in [0.25, 0.3) is 65.9 Å². The van der Waals surface area contributed by atoms with Crippen LogP contribution in [0.1, 0.15) is 148 Å². The second-order valence-corrected chi connectivity index (χ2v) is 38.7. The van der Waals surface area contributed by atoms with Crippen molar-refractivity contribution < 1.29 is 73.8 Å². The van der Waals surface area contributed by atoms with Crippen molar-refractivity contribution in [3.05, 3.63) is 255 Å². The van der Waals surface area contributed by atoms with Crippen LogP contribution in [0.4, 0.5) is 57.0 Å². The van der Waals surface area contributed by atoms with Crippen LogP contribution in [0.15, 0.2) is 137 Å². The van der Waals surface area contributed by atoms with Crippen LogP contribution in [-0.2, 0) is 59.1 Å². The van der Waals surface area contributed by atoms with Crippen molar-refractivity contribution in [3.8, 4) is 33.8 Å². The number of methoxy groups -OCH3 is 1. The van der Waals surface area contributed by atoms with Gasteiger partial charge in [-0.25, -0.2) is 79.4 Å². The van der Waals surface area contributed by atoms with Crippen LogP contribution >= 0.6 is 113 Å². The van der Waals surface area contributed by atoms with E-state index in [1.807, 2.05) is 18.7 Å². The maximum Gasteiger partial charge on any atom is 0.246 e. The van der Waals surface area contributed by atoms with E-state index in [0.717, 1.165) is 56.2 Å². The fourth-order valence-corrected chi connectivity index (χ4v) is 18.1. The molecular weight excluding hydrogens is 2120 g/mol. The third-order valence-electron chi connectivity index (χ3n) is 23.4. The number of fused-ring (bicyclic) bond motifs is 4. The van der Waals surface area contributed by atoms with Crippen molar-refractivity contribution in [1.82, 2.24) is 65.0 Å². The molecule has 0 aliphatic carbocycles. The van der Waals surface area contributed by atoms with E-state index in [2.05, 4.69) is 145 Å². The maximum absolute atomic E-state index is 16.3. The fourth-order valence-electron chi connectivity index (χ4n) is 16.1. The number of phenols is 1. The first-order valence-electron chi connectivity index (χ1n) is 45.0. The lowest BCUT2D eigenvalue weighted by Gasteiger charge is -2.44. The van der Waals surface area contributed by atoms with Crippen LogP contribution in [-0.4, -0.2) is 157 Å². The van der Waals surface area contributed by atoms with Gasteiger partial charge in [-0.15, -0.1) is 23.2 Å². The predicted molar refractivity (Wildman–Crippen MR) is 544 cm³/mol. The number of carbonyl (C=O) groups is 1. The SMILES string of the molecule is C=CC(=O)N1C[C@H](C)N(c2nc(COCc3ncccc3F)nc3c(F)c(-c4c(O)cccc4F)c(Cl)cc23)C[C@H]1C.CC(C)O.COc1cccc(F)c1-c1c(Cl)cc2c(Cl)nc(CCl)nc2c1F.C[C@H]1CC[C@H](C)N(c2nc(CCl)nc3c(F)c(Br)c(Cl)cc23)C1.C[C@H]1CC[C@H](C)N(c2nc(COCc3ncccc3F)nc3c(F)c(Br)c(Cl)cc23)C1.C[C@H]1CC[C@H](C)NC1.OCc1ncccc1F. The van der Waals surface area contributed by atoms with E-state index >= 15 is 13.2 Å². The molecular formula is C100H104Br2Cl7F9N16O7. The van der Waals surface area contributed by atoms with Crippen molar-refractivity contribution in [2.24, 2.45) is 17.8 Å². The summed E-state index contributed by atoms with van der Waals surface area (Å²) in [6.07, 6.45) is 12.7. The lowest BCUT2D eigenvalue weighted by molar-refractivity contribution is -0.128. The number of alkyl halides is 2. The zero-order valence-corrected chi connectivity index (χ0v) is 87.1. The van der Waals surface area contributed by atoms with E-state index in [1.165, 1.54) is 136 Å². The molecule has 0 spiro atoms. The molecule has 4 N–H and O–H groups in total. The quantitative estimate of drug-likeness (QED) is 0.0204. The highest BCUT2D eigenvalue weighted by atomic mass is 79.9. The standard InChI is InChI=1S/C30H27ClF3N5O3.C22H22BrClF2N4O.C16H17BrCl2FN3.C16H9Cl3F2N2O.C7H15N.C6H6FNO.C3H8O/c1-4-25(41)38-12-17(3)39(13-16(38)2)30-18-11-19(31)26(27-21(33)7-5-9-23(27)40)28(34)29(18)36-24(37-30)15-42-14-22-20(32)8-6-10-35-22;1-12-5-6-13(2)30(9-12)22-14-8-15(24)19(23)20(26)21(14)28-18(29-22)11-31-10-17-16(25)4-3-7-27-17;1-8-3-4-9(2)23(7-8)16-10-5-11(19)13(17)14(20)15(10)21-12(6-18)22-16;1-24-10-4-2-3-9(20)13(10)12-8(18)5-7-15(14(12)21)22-11(6-17)23-16(7)19;1-6-3-4-7(2)8-5-6;7-5-2-1-3-8-6(5)4-9;1-3(2)4/h4-11,16-17,40H,1,12-15H2,2-3H3;3-4,7-8,12-13H,5-6,9-11H2,1-2H3;5,8-9H,3-4,6-7H2,1-2H3;2-5H,6H2,1H3;6-8H,3-5H2,1-2H3;1-3,9H,4H2;3-4H,1-2H3/t16-,17+;12-,13-;8-,9-;;6-,7-;;/m100.0../s1. The van der Waals surface area contributed by atoms with Gasteiger partial charge in [0.15, 0.2) is 34.9 Å². The molecule has 4 fully saturated rings. The number of halogens is 18. The van der Waals surface area contributed by atoms with E-state index < -0.39 is 63.7 Å². The third kappa shape index (κ3) is 28.0. The molecule has 752 valence electrons. The average Bonchev–Trinajstić information content (AvgIpc) is 0.737. The zero-order chi connectivity index (χ0) is 103. The van der Waals surface area contributed by atoms with Gasteiger partial charge in [0.1, 0.15) is 127 Å². The average molecular weight is 2220 g/mol. The number of benzene rings is 6. The first kappa shape index (κ1) is 112. The van der Waals surface area contributed by atoms with E-state index in [0.29, 0.717) is 70.0 Å². The highest BCUT2D eigenvalue weighted by Crippen LogP contribution is 2.47. The van der Waals surface area contributed by atoms with Gasteiger partial charge in [0.2, 0.25) is 5.91 Å². The Morgan fingerprint density at radius 3 is 1.30 bits per heavy atom. The Kier molecular flexibility index (Phi) is 41.1. The Morgan fingerprint density at radius 2 is 0.872 bits per heavy atom. The normalized spacial score (nSPS) is 17.9. The molecule has 0 unspecified atom stereocenters. The Bertz CT molecular complexity index is 6570. The van der Waals surface area contributed by atoms with Gasteiger partial charge in [0.25, 0.3) is 0 Å². The molecule has 4 saturated heterocycles. The molecule has 8 atom stereocenters. The summed E-state index contributed by atoms with van der Waals surface area (Å²) in [6, 6.07) is 23.2. The first-order valence-corrected chi connectivity index (χ1v) is 49.6. The monoisotopic (exact) mass is 2210 g/mol. The molecule has 7 aromatic heterocycles. The van der Waals surface area contributed by atoms with Gasteiger partial charge in [0.05, 0.1) is 78.9 Å². The Balaban J connectivity index is 0.000000171. The van der Waals surface area contributed by atoms with Crippen LogP contribution < -0.4 is 24.8 Å². The summed E-state index contributed by atoms with van der Waals surface area (Å²) in [5.74, 6) is -1.61. The summed E-state index contributed by atoms with van der Waals surface area (Å²) in [5.41, 5.74) is -0.453. The zero-order valence-electron chi connectivity index (χ0n) is 78.7. The number of ether oxygens (including phenoxy) is 3. The Hall–Kier alpha value is -9.50. The number of hydrogen-bond donors (Lipinski definition) is 4. The molecule has 17 rings (SSSR count). The van der Waals surface area contributed by atoms with Crippen LogP contribution in [0.5, 0.6) is 11.5 Å². The van der Waals surface area contributed by atoms with Gasteiger partial charge in [-0.05, 0) is 234 Å². The smallest absolute Gasteiger partial charge is 0.246 e. The van der Waals surface area contributed by atoms with Crippen LogP contribution in [0.2, 0.25) is 25.2 Å². The number of aromatic nitrogens is 11. The Morgan fingerprint density at radius 1 is 0.475 bits per heavy atom. The van der Waals surface area contributed by atoms with Crippen molar-refractivity contribution >= 4 is 180 Å². The number of rotatable bonds is 18. The molecule has 41 heteroatoms. The molecule has 6 aromatic carbocycles. The number of aliphatic hydroxyl groups is 2. The predicted octanol–water partition coefficient (Wildman–Crippen LogP) is 25.5. The molecule has 1 amide bonds. The highest BCUT2D eigenvalue weighted by Gasteiger charge is 2.37. The second-order valence-electron chi connectivity index (χ2n) is 34.6. The minimum atomic E-state index is -0.959. The molecule has 0 radical (unpaired) electrons. The van der Waals surface area contributed by atoms with Gasteiger partial charge < -0.3 is 54.4 Å². The Labute approximate surface area is 862 Å². The third-order valence-corrected chi connectivity index (χ3v) is 27.4. The lowest BCUT2D eigenvalue weighted by atomic mass is 9.95. The molecule has 4 aliphatic heterocycles. The number of hydrogen-bond acceptors (Lipinski definition) is 22. The summed E-state index contributed by atoms with van der Waals surface area (Å²) in [6.45, 7) is 26.9. The van der Waals surface area contributed by atoms with Crippen molar-refractivity contribution in [2.45, 2.75) is 189 Å². The van der Waals surface area contributed by atoms with Gasteiger partial charge >= 0.3 is 0 Å². The summed E-state index contributed by atoms with van der Waals surface area (Å²) in [5, 5.41) is 32.3. The van der Waals surface area contributed by atoms with Gasteiger partial charge in [-0.1, -0.05) is 97.5 Å². The fraction of sp³-hybridized carbons (Fsp3) is 0.380. The van der Waals surface area contributed by atoms with E-state index in [9.17, 15) is 36.2 Å². The molecule has 4 aliphatic rings. The number of nitrogens with zero attached hydrogens (tertiary/aromatic N) is 15. The number of phenolic OH excluding ortho intramolecular Hbond substituents is 1. The topological polar surface area (TPSA) is 272 Å². The lowest BCUT2D eigenvalue weighted by Crippen LogP contribution is -2.58. The minimum Gasteiger partial charge on any atom is -0.507 e. The van der Waals surface area contributed by atoms with Gasteiger partial charge in [0, 0.05) is 114 Å². The van der Waals surface area contributed by atoms with Crippen LogP contribution in [0.3, 0.4) is 0 Å². The molecule has 23 nitrogen and oxygen atoms in total. The van der Waals surface area contributed by atoms with Crippen molar-refractivity contribution in [2.75, 3.05) is 54.5 Å². The number of piperidine rings is 3. The first-order chi connectivity index (χ1) is 67.2. The largest absolute Gasteiger partial charge is 0.507 e. The number of aromatic hydroxyl groups is 1. The molecule has 11 heterocycles. The number of amides is 1. The van der Waals surface area contributed by atoms with Crippen LogP contribution in [0, 0.1) is 70.1 Å². The molecule has 0 bridgehead atoms. The summed E-state index contributed by atoms with van der Waals surface area (Å²) in [7, 11) is 1.36.